The Morgan fingerprint density at radius 3 is 2.39 bits per heavy atom. The third-order valence-corrected chi connectivity index (χ3v) is 12.7. The minimum Gasteiger partial charge on any atom is -0.506 e. The maximum Gasteiger partial charge on any atom is 0.408 e. The highest BCUT2D eigenvalue weighted by Gasteiger charge is 2.37. The number of benzene rings is 4. The van der Waals surface area contributed by atoms with Crippen LogP contribution in [0.5, 0.6) is 11.5 Å². The van der Waals surface area contributed by atoms with Gasteiger partial charge in [-0.25, -0.2) is 4.79 Å². The van der Waals surface area contributed by atoms with E-state index in [4.69, 9.17) is 14.2 Å². The SMILES string of the molecule is O=C(NC(c1ccccc1)c1cccc(OCc2cccc(C(=O)N3CCC(C(=O)OCCCCNC[C@@H](O)c4ccc(O)c5[nH]c(=O)ccc45)CC3)c2)c1)O[C@H]1CN2CCC1CC2. The topological polar surface area (TPSA) is 183 Å². The number of pyridine rings is 1. The molecule has 2 bridgehead atoms. The van der Waals surface area contributed by atoms with Crippen LogP contribution in [0.3, 0.4) is 0 Å². The molecule has 336 valence electrons. The van der Waals surface area contributed by atoms with E-state index >= 15 is 0 Å². The van der Waals surface area contributed by atoms with Crippen molar-refractivity contribution in [3.63, 3.8) is 0 Å². The highest BCUT2D eigenvalue weighted by atomic mass is 16.6. The molecule has 0 spiro atoms. The van der Waals surface area contributed by atoms with E-state index in [1.807, 2.05) is 72.8 Å². The van der Waals surface area contributed by atoms with Gasteiger partial charge in [0.1, 0.15) is 24.2 Å². The van der Waals surface area contributed by atoms with Crippen LogP contribution in [0.15, 0.2) is 108 Å². The number of fused-ring (bicyclic) bond motifs is 4. The number of nitrogens with zero attached hydrogens (tertiary/aromatic N) is 2. The molecule has 5 heterocycles. The number of hydrogen-bond acceptors (Lipinski definition) is 11. The van der Waals surface area contributed by atoms with Crippen LogP contribution in [0.4, 0.5) is 4.79 Å². The number of aliphatic hydroxyl groups is 1. The number of amides is 2. The third kappa shape index (κ3) is 11.1. The number of likely N-dealkylation sites (tertiary alicyclic amines) is 1. The summed E-state index contributed by atoms with van der Waals surface area (Å²) in [6, 6.07) is 30.5. The summed E-state index contributed by atoms with van der Waals surface area (Å²) in [6.45, 7) is 5.24. The quantitative estimate of drug-likeness (QED) is 0.0529. The highest BCUT2D eigenvalue weighted by Crippen LogP contribution is 2.32. The standard InChI is InChI=1S/C50H57N5O9/c56-42-16-14-40(41-15-17-45(58)52-47(41)42)43(57)30-51-22-4-5-27-62-49(60)36-20-25-55(26-21-36)48(59)38-12-6-8-33(28-38)32-63-39-13-7-11-37(29-39)46(35-9-2-1-3-10-35)53-50(61)64-44-31-54-23-18-34(44)19-24-54/h1-3,6-17,28-29,34,36,43-44,46,51,56-57H,4-5,18-27,30-32H2,(H,52,58)(H,53,61)/t43-,44+,46?/m1/s1. The molecule has 0 saturated carbocycles. The Morgan fingerprint density at radius 1 is 0.828 bits per heavy atom. The molecule has 5 N–H and O–H groups in total. The van der Waals surface area contributed by atoms with Gasteiger partial charge in [0.2, 0.25) is 5.56 Å². The van der Waals surface area contributed by atoms with Crippen LogP contribution in [-0.2, 0) is 20.9 Å². The van der Waals surface area contributed by atoms with Gasteiger partial charge in [-0.1, -0.05) is 60.7 Å². The van der Waals surface area contributed by atoms with Crippen LogP contribution >= 0.6 is 0 Å². The van der Waals surface area contributed by atoms with E-state index in [0.29, 0.717) is 72.6 Å². The van der Waals surface area contributed by atoms with E-state index in [1.54, 1.807) is 23.1 Å². The molecule has 1 aromatic heterocycles. The number of unbranched alkanes of at least 4 members (excludes halogenated alkanes) is 1. The van der Waals surface area contributed by atoms with Crippen molar-refractivity contribution >= 4 is 28.9 Å². The summed E-state index contributed by atoms with van der Waals surface area (Å²) in [6.07, 6.45) is 3.18. The maximum absolute atomic E-state index is 13.6. The van der Waals surface area contributed by atoms with Gasteiger partial charge in [-0.3, -0.25) is 19.3 Å². The second-order valence-electron chi connectivity index (χ2n) is 17.1. The number of alkyl carbamates (subject to hydrolysis) is 1. The van der Waals surface area contributed by atoms with Gasteiger partial charge in [0, 0.05) is 43.2 Å². The van der Waals surface area contributed by atoms with Crippen molar-refractivity contribution in [1.82, 2.24) is 25.4 Å². The summed E-state index contributed by atoms with van der Waals surface area (Å²) in [5, 5.41) is 27.8. The molecule has 4 aliphatic heterocycles. The molecule has 14 heteroatoms. The minimum absolute atomic E-state index is 0.0578. The van der Waals surface area contributed by atoms with Gasteiger partial charge in [-0.2, -0.15) is 0 Å². The molecule has 2 amide bonds. The van der Waals surface area contributed by atoms with Crippen molar-refractivity contribution in [2.45, 2.75) is 63.4 Å². The number of nitrogens with one attached hydrogen (secondary N) is 3. The molecule has 4 aromatic carbocycles. The third-order valence-electron chi connectivity index (χ3n) is 12.7. The van der Waals surface area contributed by atoms with Crippen LogP contribution in [0.25, 0.3) is 10.9 Å². The number of aliphatic hydroxyl groups excluding tert-OH is 1. The molecule has 4 aliphatic rings. The molecular formula is C50H57N5O9. The minimum atomic E-state index is -0.848. The Hall–Kier alpha value is -6.22. The van der Waals surface area contributed by atoms with E-state index in [0.717, 1.165) is 55.6 Å². The maximum atomic E-state index is 13.6. The first kappa shape index (κ1) is 44.4. The molecule has 1 unspecified atom stereocenters. The number of rotatable bonds is 17. The molecule has 9 rings (SSSR count). The number of aromatic amines is 1. The van der Waals surface area contributed by atoms with Gasteiger partial charge in [0.05, 0.1) is 30.2 Å². The summed E-state index contributed by atoms with van der Waals surface area (Å²) in [4.78, 5) is 58.2. The normalized spacial score (nSPS) is 19.5. The Morgan fingerprint density at radius 2 is 1.61 bits per heavy atom. The lowest BCUT2D eigenvalue weighted by Gasteiger charge is -2.43. The van der Waals surface area contributed by atoms with E-state index in [-0.39, 0.29) is 55.0 Å². The Bertz CT molecular complexity index is 2450. The van der Waals surface area contributed by atoms with Crippen molar-refractivity contribution < 1.29 is 38.8 Å². The Balaban J connectivity index is 0.759. The number of ether oxygens (including phenoxy) is 3. The second-order valence-corrected chi connectivity index (χ2v) is 17.1. The number of phenols is 1. The fourth-order valence-corrected chi connectivity index (χ4v) is 9.12. The van der Waals surface area contributed by atoms with Gasteiger partial charge >= 0.3 is 12.1 Å². The number of hydrogen-bond donors (Lipinski definition) is 5. The number of carbonyl (C=O) groups is 3. The molecule has 3 atom stereocenters. The zero-order valence-electron chi connectivity index (χ0n) is 36.0. The smallest absolute Gasteiger partial charge is 0.408 e. The molecule has 64 heavy (non-hydrogen) atoms. The summed E-state index contributed by atoms with van der Waals surface area (Å²) >= 11 is 0. The lowest BCUT2D eigenvalue weighted by molar-refractivity contribution is -0.150. The van der Waals surface area contributed by atoms with Crippen LogP contribution < -0.4 is 20.9 Å². The number of piperidine rings is 4. The first-order valence-electron chi connectivity index (χ1n) is 22.4. The van der Waals surface area contributed by atoms with Gasteiger partial charge in [-0.05, 0) is 123 Å². The van der Waals surface area contributed by atoms with Gasteiger partial charge in [0.25, 0.3) is 5.91 Å². The molecule has 0 radical (unpaired) electrons. The number of carbonyl (C=O) groups excluding carboxylic acids is 3. The average molecular weight is 872 g/mol. The largest absolute Gasteiger partial charge is 0.506 e. The summed E-state index contributed by atoms with van der Waals surface area (Å²) in [7, 11) is 0. The number of aromatic hydroxyl groups is 1. The highest BCUT2D eigenvalue weighted by molar-refractivity contribution is 5.94. The molecule has 5 aromatic rings. The molecule has 4 fully saturated rings. The zero-order chi connectivity index (χ0) is 44.4. The average Bonchev–Trinajstić information content (AvgIpc) is 3.33. The number of H-pyrrole nitrogens is 1. The first-order chi connectivity index (χ1) is 31.2. The number of phenolic OH excluding ortho intramolecular Hbond substituents is 1. The van der Waals surface area contributed by atoms with Crippen LogP contribution in [0, 0.1) is 11.8 Å². The summed E-state index contributed by atoms with van der Waals surface area (Å²) in [5.74, 6) is 0.374. The van der Waals surface area contributed by atoms with Crippen molar-refractivity contribution in [2.75, 3.05) is 52.4 Å². The van der Waals surface area contributed by atoms with E-state index in [9.17, 15) is 29.4 Å². The van der Waals surface area contributed by atoms with Crippen LogP contribution in [-0.4, -0.2) is 101 Å². The molecule has 14 nitrogen and oxygen atoms in total. The summed E-state index contributed by atoms with van der Waals surface area (Å²) < 4.78 is 17.8. The van der Waals surface area contributed by atoms with Crippen molar-refractivity contribution in [1.29, 1.82) is 0 Å². The number of aromatic nitrogens is 1. The van der Waals surface area contributed by atoms with E-state index in [1.165, 1.54) is 12.1 Å². The monoisotopic (exact) mass is 871 g/mol. The predicted octanol–water partition coefficient (Wildman–Crippen LogP) is 6.22. The fraction of sp³-hybridized carbons (Fsp3) is 0.400. The predicted molar refractivity (Wildman–Crippen MR) is 241 cm³/mol. The Labute approximate surface area is 372 Å². The van der Waals surface area contributed by atoms with Gasteiger partial charge in [-0.15, -0.1) is 0 Å². The second kappa shape index (κ2) is 21.0. The van der Waals surface area contributed by atoms with Gasteiger partial charge < -0.3 is 44.9 Å². The summed E-state index contributed by atoms with van der Waals surface area (Å²) in [5.41, 5.74) is 3.73. The van der Waals surface area contributed by atoms with Crippen molar-refractivity contribution in [2.24, 2.45) is 11.8 Å². The zero-order valence-corrected chi connectivity index (χ0v) is 36.0. The fourth-order valence-electron chi connectivity index (χ4n) is 9.12. The van der Waals surface area contributed by atoms with Crippen molar-refractivity contribution in [3.8, 4) is 11.5 Å². The molecule has 0 aliphatic carbocycles. The van der Waals surface area contributed by atoms with E-state index < -0.39 is 18.2 Å². The first-order valence-corrected chi connectivity index (χ1v) is 22.4. The lowest BCUT2D eigenvalue weighted by atomic mass is 9.86. The van der Waals surface area contributed by atoms with Crippen LogP contribution in [0.2, 0.25) is 0 Å². The Kier molecular flexibility index (Phi) is 14.5. The molecule has 4 saturated heterocycles. The number of esters is 1. The van der Waals surface area contributed by atoms with E-state index in [2.05, 4.69) is 20.5 Å². The lowest BCUT2D eigenvalue weighted by Crippen LogP contribution is -2.52. The van der Waals surface area contributed by atoms with Gasteiger partial charge in [0.15, 0.2) is 0 Å². The van der Waals surface area contributed by atoms with Crippen LogP contribution in [0.1, 0.15) is 83.3 Å². The van der Waals surface area contributed by atoms with Crippen molar-refractivity contribution in [3.05, 3.63) is 141 Å². The molecular weight excluding hydrogens is 815 g/mol.